The minimum atomic E-state index is -0.340. The Morgan fingerprint density at radius 3 is 2.75 bits per heavy atom. The molecule has 2 aromatic rings. The average molecular weight is 339 g/mol. The third kappa shape index (κ3) is 3.27. The first-order valence-corrected chi connectivity index (χ1v) is 6.54. The van der Waals surface area contributed by atoms with Gasteiger partial charge in [-0.15, -0.1) is 0 Å². The van der Waals surface area contributed by atoms with E-state index in [4.69, 9.17) is 15.7 Å². The van der Waals surface area contributed by atoms with Crippen LogP contribution < -0.4 is 10.5 Å². The second-order valence-electron chi connectivity index (χ2n) is 4.01. The molecule has 0 radical (unpaired) electrons. The molecule has 0 unspecified atom stereocenters. The summed E-state index contributed by atoms with van der Waals surface area (Å²) in [7, 11) is 0. The highest BCUT2D eigenvalue weighted by Crippen LogP contribution is 2.25. The maximum atomic E-state index is 13.5. The first-order valence-electron chi connectivity index (χ1n) is 5.75. The molecule has 6 heteroatoms. The number of nitrogens with zero attached hydrogens (tertiary/aromatic N) is 1. The summed E-state index contributed by atoms with van der Waals surface area (Å²) in [6, 6.07) is 11.4. The Kier molecular flexibility index (Phi) is 4.57. The SMILES string of the molecule is N/C(=N/O)c1ccc(Br)cc1OCc1ccccc1F. The standard InChI is InChI=1S/C14H12BrFN2O2/c15-10-5-6-11(14(17)18-19)13(7-10)20-8-9-3-1-2-4-12(9)16/h1-7,19H,8H2,(H2,17,18). The molecule has 0 bridgehead atoms. The van der Waals surface area contributed by atoms with E-state index in [0.29, 0.717) is 16.9 Å². The van der Waals surface area contributed by atoms with Gasteiger partial charge in [-0.25, -0.2) is 4.39 Å². The molecule has 0 spiro atoms. The van der Waals surface area contributed by atoms with Crippen LogP contribution in [0.1, 0.15) is 11.1 Å². The smallest absolute Gasteiger partial charge is 0.173 e. The van der Waals surface area contributed by atoms with Crippen LogP contribution in [0.2, 0.25) is 0 Å². The summed E-state index contributed by atoms with van der Waals surface area (Å²) in [5, 5.41) is 11.7. The van der Waals surface area contributed by atoms with Crippen LogP contribution in [0.5, 0.6) is 5.75 Å². The summed E-state index contributed by atoms with van der Waals surface area (Å²) in [4.78, 5) is 0. The van der Waals surface area contributed by atoms with Gasteiger partial charge in [-0.1, -0.05) is 39.3 Å². The minimum absolute atomic E-state index is 0.0504. The van der Waals surface area contributed by atoms with Gasteiger partial charge in [-0.2, -0.15) is 0 Å². The molecule has 0 saturated carbocycles. The number of hydrogen-bond acceptors (Lipinski definition) is 3. The number of oxime groups is 1. The number of halogens is 2. The van der Waals surface area contributed by atoms with E-state index in [2.05, 4.69) is 21.1 Å². The van der Waals surface area contributed by atoms with Gasteiger partial charge in [0, 0.05) is 10.0 Å². The fourth-order valence-electron chi connectivity index (χ4n) is 1.65. The lowest BCUT2D eigenvalue weighted by Gasteiger charge is -2.11. The topological polar surface area (TPSA) is 67.8 Å². The number of amidine groups is 1. The van der Waals surface area contributed by atoms with Crippen LogP contribution in [0.25, 0.3) is 0 Å². The molecular formula is C14H12BrFN2O2. The molecule has 0 aromatic heterocycles. The first kappa shape index (κ1) is 14.3. The molecule has 2 aromatic carbocycles. The fourth-order valence-corrected chi connectivity index (χ4v) is 1.99. The van der Waals surface area contributed by atoms with Gasteiger partial charge in [0.25, 0.3) is 0 Å². The molecule has 0 amide bonds. The van der Waals surface area contributed by atoms with Gasteiger partial charge in [0.05, 0.1) is 5.56 Å². The Morgan fingerprint density at radius 2 is 2.05 bits per heavy atom. The van der Waals surface area contributed by atoms with Crippen LogP contribution >= 0.6 is 15.9 Å². The van der Waals surface area contributed by atoms with Crippen molar-refractivity contribution in [1.82, 2.24) is 0 Å². The molecule has 2 rings (SSSR count). The summed E-state index contributed by atoms with van der Waals surface area (Å²) in [5.41, 5.74) is 6.44. The summed E-state index contributed by atoms with van der Waals surface area (Å²) in [6.07, 6.45) is 0. The van der Waals surface area contributed by atoms with Crippen molar-refractivity contribution in [2.45, 2.75) is 6.61 Å². The maximum absolute atomic E-state index is 13.5. The van der Waals surface area contributed by atoms with Crippen LogP contribution in [-0.4, -0.2) is 11.0 Å². The van der Waals surface area contributed by atoms with Crippen molar-refractivity contribution in [3.8, 4) is 5.75 Å². The van der Waals surface area contributed by atoms with E-state index in [0.717, 1.165) is 4.47 Å². The van der Waals surface area contributed by atoms with Crippen molar-refractivity contribution in [3.63, 3.8) is 0 Å². The molecule has 0 fully saturated rings. The predicted octanol–water partition coefficient (Wildman–Crippen LogP) is 3.26. The molecule has 0 aliphatic carbocycles. The molecule has 0 atom stereocenters. The summed E-state index contributed by atoms with van der Waals surface area (Å²) >= 11 is 3.31. The third-order valence-electron chi connectivity index (χ3n) is 2.67. The van der Waals surface area contributed by atoms with Gasteiger partial charge < -0.3 is 15.7 Å². The number of ether oxygens (including phenoxy) is 1. The fraction of sp³-hybridized carbons (Fsp3) is 0.0714. The summed E-state index contributed by atoms with van der Waals surface area (Å²) in [5.74, 6) is -0.00759. The largest absolute Gasteiger partial charge is 0.488 e. The van der Waals surface area contributed by atoms with Crippen molar-refractivity contribution in [2.24, 2.45) is 10.9 Å². The van der Waals surface area contributed by atoms with Gasteiger partial charge in [0.2, 0.25) is 0 Å². The monoisotopic (exact) mass is 338 g/mol. The van der Waals surface area contributed by atoms with Gasteiger partial charge in [0.15, 0.2) is 5.84 Å². The van der Waals surface area contributed by atoms with Crippen molar-refractivity contribution >= 4 is 21.8 Å². The van der Waals surface area contributed by atoms with E-state index in [9.17, 15) is 4.39 Å². The van der Waals surface area contributed by atoms with Crippen LogP contribution in [0.3, 0.4) is 0 Å². The Balaban J connectivity index is 2.25. The van der Waals surface area contributed by atoms with Gasteiger partial charge in [-0.05, 0) is 24.3 Å². The lowest BCUT2D eigenvalue weighted by atomic mass is 10.2. The normalized spacial score (nSPS) is 11.4. The van der Waals surface area contributed by atoms with E-state index in [1.165, 1.54) is 6.07 Å². The Hall–Kier alpha value is -2.08. The predicted molar refractivity (Wildman–Crippen MR) is 77.4 cm³/mol. The number of benzene rings is 2. The maximum Gasteiger partial charge on any atom is 0.173 e. The van der Waals surface area contributed by atoms with Crippen LogP contribution in [0.4, 0.5) is 4.39 Å². The quantitative estimate of drug-likeness (QED) is 0.389. The summed E-state index contributed by atoms with van der Waals surface area (Å²) < 4.78 is 19.9. The summed E-state index contributed by atoms with van der Waals surface area (Å²) in [6.45, 7) is 0.0504. The number of nitrogens with two attached hydrogens (primary N) is 1. The van der Waals surface area contributed by atoms with E-state index < -0.39 is 0 Å². The molecule has 0 saturated heterocycles. The molecule has 0 aliphatic heterocycles. The van der Waals surface area contributed by atoms with Gasteiger partial charge in [0.1, 0.15) is 18.2 Å². The second kappa shape index (κ2) is 6.38. The van der Waals surface area contributed by atoms with Crippen molar-refractivity contribution in [1.29, 1.82) is 0 Å². The third-order valence-corrected chi connectivity index (χ3v) is 3.16. The molecule has 3 N–H and O–H groups in total. The van der Waals surface area contributed by atoms with Gasteiger partial charge >= 0.3 is 0 Å². The zero-order valence-corrected chi connectivity index (χ0v) is 12.0. The second-order valence-corrected chi connectivity index (χ2v) is 4.92. The molecule has 4 nitrogen and oxygen atoms in total. The molecule has 0 aliphatic rings. The molecule has 0 heterocycles. The highest BCUT2D eigenvalue weighted by Gasteiger charge is 2.10. The van der Waals surface area contributed by atoms with E-state index in [-0.39, 0.29) is 18.3 Å². The van der Waals surface area contributed by atoms with E-state index in [1.54, 1.807) is 36.4 Å². The van der Waals surface area contributed by atoms with Crippen LogP contribution in [0.15, 0.2) is 52.1 Å². The van der Waals surface area contributed by atoms with Crippen molar-refractivity contribution < 1.29 is 14.3 Å². The first-order chi connectivity index (χ1) is 9.61. The Labute approximate surface area is 123 Å². The average Bonchev–Trinajstić information content (AvgIpc) is 2.46. The lowest BCUT2D eigenvalue weighted by molar-refractivity contribution is 0.297. The van der Waals surface area contributed by atoms with E-state index >= 15 is 0 Å². The van der Waals surface area contributed by atoms with Crippen molar-refractivity contribution in [3.05, 3.63) is 63.9 Å². The number of hydrogen-bond donors (Lipinski definition) is 2. The zero-order valence-electron chi connectivity index (χ0n) is 10.4. The number of rotatable bonds is 4. The molecule has 20 heavy (non-hydrogen) atoms. The van der Waals surface area contributed by atoms with Crippen LogP contribution in [0, 0.1) is 5.82 Å². The highest BCUT2D eigenvalue weighted by atomic mass is 79.9. The molecule has 104 valence electrons. The van der Waals surface area contributed by atoms with Crippen molar-refractivity contribution in [2.75, 3.05) is 0 Å². The molecular weight excluding hydrogens is 327 g/mol. The highest BCUT2D eigenvalue weighted by molar-refractivity contribution is 9.10. The zero-order chi connectivity index (χ0) is 14.5. The van der Waals surface area contributed by atoms with E-state index in [1.807, 2.05) is 0 Å². The minimum Gasteiger partial charge on any atom is -0.488 e. The Bertz CT molecular complexity index is 647. The lowest BCUT2D eigenvalue weighted by Crippen LogP contribution is -2.15. The van der Waals surface area contributed by atoms with Crippen LogP contribution in [-0.2, 0) is 6.61 Å². The Morgan fingerprint density at radius 1 is 1.30 bits per heavy atom. The van der Waals surface area contributed by atoms with Gasteiger partial charge in [-0.3, -0.25) is 0 Å².